The molecule has 3 atom stereocenters. The highest BCUT2D eigenvalue weighted by atomic mass is 32.2. The number of hydrogen-bond acceptors (Lipinski definition) is 3. The second kappa shape index (κ2) is 8.27. The smallest absolute Gasteiger partial charge is 0.191 e. The highest BCUT2D eigenvalue weighted by Crippen LogP contribution is 2.27. The summed E-state index contributed by atoms with van der Waals surface area (Å²) in [4.78, 5) is 4.25. The molecular formula is C14H29N3OS2. The standard InChI is InChI=1S/C14H29N3OS2/c1-14(2,3)20(18)9-8-16-13(15-4)17-11-6-7-12(10-11)19-5/h11-12H,6-10H2,1-5H3,(H2,15,16,17). The fraction of sp³-hybridized carbons (Fsp3) is 0.929. The molecule has 0 aromatic carbocycles. The van der Waals surface area contributed by atoms with E-state index in [-0.39, 0.29) is 4.75 Å². The Morgan fingerprint density at radius 2 is 2.10 bits per heavy atom. The Bertz CT molecular complexity index is 353. The van der Waals surface area contributed by atoms with Gasteiger partial charge in [-0.05, 0) is 46.3 Å². The number of aliphatic imine (C=N–C) groups is 1. The van der Waals surface area contributed by atoms with Crippen molar-refractivity contribution in [1.82, 2.24) is 10.6 Å². The summed E-state index contributed by atoms with van der Waals surface area (Å²) in [6.45, 7) is 6.73. The molecule has 1 aliphatic rings. The Balaban J connectivity index is 2.29. The maximum absolute atomic E-state index is 12.0. The van der Waals surface area contributed by atoms with Gasteiger partial charge in [0, 0.05) is 46.2 Å². The average Bonchev–Trinajstić information content (AvgIpc) is 2.83. The zero-order chi connectivity index (χ0) is 15.2. The Kier molecular flexibility index (Phi) is 7.37. The molecule has 6 heteroatoms. The lowest BCUT2D eigenvalue weighted by Crippen LogP contribution is -2.44. The van der Waals surface area contributed by atoms with Crippen LogP contribution < -0.4 is 10.6 Å². The topological polar surface area (TPSA) is 53.5 Å². The van der Waals surface area contributed by atoms with Gasteiger partial charge in [-0.15, -0.1) is 0 Å². The summed E-state index contributed by atoms with van der Waals surface area (Å²) in [5, 5.41) is 7.52. The van der Waals surface area contributed by atoms with Crippen molar-refractivity contribution >= 4 is 28.5 Å². The molecule has 4 nitrogen and oxygen atoms in total. The van der Waals surface area contributed by atoms with Crippen LogP contribution in [0.5, 0.6) is 0 Å². The van der Waals surface area contributed by atoms with E-state index in [0.717, 1.165) is 11.2 Å². The third-order valence-corrected chi connectivity index (χ3v) is 6.58. The maximum atomic E-state index is 12.0. The van der Waals surface area contributed by atoms with Crippen molar-refractivity contribution in [2.24, 2.45) is 4.99 Å². The molecule has 0 aromatic heterocycles. The predicted molar refractivity (Wildman–Crippen MR) is 92.2 cm³/mol. The van der Waals surface area contributed by atoms with E-state index < -0.39 is 10.8 Å². The van der Waals surface area contributed by atoms with Crippen LogP contribution in [0.3, 0.4) is 0 Å². The van der Waals surface area contributed by atoms with Crippen LogP contribution in [0, 0.1) is 0 Å². The average molecular weight is 320 g/mol. The molecule has 1 rings (SSSR count). The van der Waals surface area contributed by atoms with Gasteiger partial charge in [0.25, 0.3) is 0 Å². The largest absolute Gasteiger partial charge is 0.355 e. The van der Waals surface area contributed by atoms with Crippen molar-refractivity contribution in [2.75, 3.05) is 25.6 Å². The van der Waals surface area contributed by atoms with Crippen molar-refractivity contribution < 1.29 is 4.21 Å². The van der Waals surface area contributed by atoms with E-state index in [2.05, 4.69) is 21.9 Å². The van der Waals surface area contributed by atoms with Crippen LogP contribution in [-0.2, 0) is 10.8 Å². The highest BCUT2D eigenvalue weighted by molar-refractivity contribution is 7.99. The third-order valence-electron chi connectivity index (χ3n) is 3.55. The van der Waals surface area contributed by atoms with Crippen LogP contribution in [-0.4, -0.2) is 51.8 Å². The van der Waals surface area contributed by atoms with Crippen molar-refractivity contribution in [3.05, 3.63) is 0 Å². The van der Waals surface area contributed by atoms with E-state index in [1.54, 1.807) is 7.05 Å². The molecule has 0 spiro atoms. The van der Waals surface area contributed by atoms with E-state index >= 15 is 0 Å². The number of nitrogens with zero attached hydrogens (tertiary/aromatic N) is 1. The number of thioether (sulfide) groups is 1. The number of rotatable bonds is 5. The summed E-state index contributed by atoms with van der Waals surface area (Å²) in [7, 11) is 0.973. The van der Waals surface area contributed by atoms with E-state index in [1.165, 1.54) is 19.3 Å². The van der Waals surface area contributed by atoms with Crippen molar-refractivity contribution in [3.63, 3.8) is 0 Å². The van der Waals surface area contributed by atoms with Gasteiger partial charge in [-0.1, -0.05) is 0 Å². The summed E-state index contributed by atoms with van der Waals surface area (Å²) in [5.41, 5.74) is 0. The molecule has 1 aliphatic carbocycles. The van der Waals surface area contributed by atoms with E-state index in [0.29, 0.717) is 18.3 Å². The summed E-state index contributed by atoms with van der Waals surface area (Å²) in [6, 6.07) is 0.520. The van der Waals surface area contributed by atoms with Crippen LogP contribution >= 0.6 is 11.8 Å². The van der Waals surface area contributed by atoms with Gasteiger partial charge >= 0.3 is 0 Å². The first kappa shape index (κ1) is 17.8. The van der Waals surface area contributed by atoms with Crippen molar-refractivity contribution in [1.29, 1.82) is 0 Å². The Hall–Kier alpha value is -0.230. The van der Waals surface area contributed by atoms with Crippen molar-refractivity contribution in [2.45, 2.75) is 56.1 Å². The molecule has 0 heterocycles. The predicted octanol–water partition coefficient (Wildman–Crippen LogP) is 1.98. The first-order valence-corrected chi connectivity index (χ1v) is 9.86. The first-order valence-electron chi connectivity index (χ1n) is 7.25. The lowest BCUT2D eigenvalue weighted by Gasteiger charge is -2.20. The van der Waals surface area contributed by atoms with Crippen LogP contribution in [0.4, 0.5) is 0 Å². The number of hydrogen-bond donors (Lipinski definition) is 2. The molecular weight excluding hydrogens is 290 g/mol. The summed E-state index contributed by atoms with van der Waals surface area (Å²) in [5.74, 6) is 1.49. The van der Waals surface area contributed by atoms with Crippen LogP contribution in [0.2, 0.25) is 0 Å². The second-order valence-electron chi connectivity index (χ2n) is 6.17. The quantitative estimate of drug-likeness (QED) is 0.601. The van der Waals surface area contributed by atoms with Gasteiger partial charge in [0.15, 0.2) is 5.96 Å². The van der Waals surface area contributed by atoms with Crippen LogP contribution in [0.25, 0.3) is 0 Å². The minimum absolute atomic E-state index is 0.143. The van der Waals surface area contributed by atoms with Gasteiger partial charge in [-0.2, -0.15) is 11.8 Å². The first-order chi connectivity index (χ1) is 9.36. The molecule has 0 aromatic rings. The Labute approximate surface area is 130 Å². The summed E-state index contributed by atoms with van der Waals surface area (Å²) >= 11 is 1.95. The molecule has 0 radical (unpaired) electrons. The molecule has 118 valence electrons. The molecule has 0 bridgehead atoms. The Morgan fingerprint density at radius 1 is 1.40 bits per heavy atom. The minimum atomic E-state index is -0.815. The lowest BCUT2D eigenvalue weighted by atomic mass is 10.2. The summed E-state index contributed by atoms with van der Waals surface area (Å²) in [6.07, 6.45) is 5.88. The minimum Gasteiger partial charge on any atom is -0.355 e. The maximum Gasteiger partial charge on any atom is 0.191 e. The lowest BCUT2D eigenvalue weighted by molar-refractivity contribution is 0.615. The van der Waals surface area contributed by atoms with E-state index in [4.69, 9.17) is 0 Å². The van der Waals surface area contributed by atoms with Crippen molar-refractivity contribution in [3.8, 4) is 0 Å². The molecule has 0 saturated heterocycles. The molecule has 1 saturated carbocycles. The van der Waals surface area contributed by atoms with Crippen LogP contribution in [0.15, 0.2) is 4.99 Å². The fourth-order valence-electron chi connectivity index (χ4n) is 2.24. The van der Waals surface area contributed by atoms with Gasteiger partial charge in [0.2, 0.25) is 0 Å². The van der Waals surface area contributed by atoms with Gasteiger partial charge in [-0.3, -0.25) is 9.20 Å². The normalized spacial score (nSPS) is 25.6. The summed E-state index contributed by atoms with van der Waals surface area (Å²) < 4.78 is 11.8. The van der Waals surface area contributed by atoms with Gasteiger partial charge in [0.05, 0.1) is 0 Å². The molecule has 0 aliphatic heterocycles. The molecule has 20 heavy (non-hydrogen) atoms. The monoisotopic (exact) mass is 319 g/mol. The molecule has 2 N–H and O–H groups in total. The number of nitrogens with one attached hydrogen (secondary N) is 2. The fourth-order valence-corrected chi connectivity index (χ4v) is 3.94. The molecule has 1 fully saturated rings. The zero-order valence-electron chi connectivity index (χ0n) is 13.4. The van der Waals surface area contributed by atoms with E-state index in [9.17, 15) is 4.21 Å². The van der Waals surface area contributed by atoms with E-state index in [1.807, 2.05) is 32.5 Å². The van der Waals surface area contributed by atoms with Gasteiger partial charge < -0.3 is 10.6 Å². The SMILES string of the molecule is CN=C(NCCS(=O)C(C)(C)C)NC1CCC(SC)C1. The van der Waals surface area contributed by atoms with Gasteiger partial charge in [-0.25, -0.2) is 0 Å². The molecule has 0 amide bonds. The zero-order valence-corrected chi connectivity index (χ0v) is 15.0. The van der Waals surface area contributed by atoms with Gasteiger partial charge in [0.1, 0.15) is 0 Å². The third kappa shape index (κ3) is 6.04. The number of guanidine groups is 1. The second-order valence-corrected chi connectivity index (χ2v) is 9.64. The van der Waals surface area contributed by atoms with Crippen LogP contribution in [0.1, 0.15) is 40.0 Å². The Morgan fingerprint density at radius 3 is 2.60 bits per heavy atom. The molecule has 3 unspecified atom stereocenters. The highest BCUT2D eigenvalue weighted by Gasteiger charge is 2.24.